The molecule has 2 aromatic rings. The summed E-state index contributed by atoms with van der Waals surface area (Å²) < 4.78 is 11.1. The van der Waals surface area contributed by atoms with E-state index in [9.17, 15) is 9.90 Å². The number of hydrogen-bond donors (Lipinski definition) is 1. The van der Waals surface area contributed by atoms with E-state index in [1.165, 1.54) is 0 Å². The van der Waals surface area contributed by atoms with Gasteiger partial charge in [-0.25, -0.2) is 4.79 Å². The molecule has 102 valence electrons. The summed E-state index contributed by atoms with van der Waals surface area (Å²) in [6.45, 7) is 3.49. The van der Waals surface area contributed by atoms with Crippen molar-refractivity contribution in [2.75, 3.05) is 0 Å². The first-order valence-corrected chi connectivity index (χ1v) is 6.22. The number of aromatic carboxylic acids is 1. The zero-order valence-corrected chi connectivity index (χ0v) is 11.1. The molecule has 1 aromatic heterocycles. The van der Waals surface area contributed by atoms with Crippen molar-refractivity contribution in [3.8, 4) is 22.6 Å². The molecule has 0 spiro atoms. The smallest absolute Gasteiger partial charge is 0.336 e. The number of hydrogen-bond acceptors (Lipinski definition) is 4. The predicted molar refractivity (Wildman–Crippen MR) is 72.1 cm³/mol. The van der Waals surface area contributed by atoms with Crippen LogP contribution in [0.1, 0.15) is 22.8 Å². The number of nitrogens with zero attached hydrogens (tertiary/aromatic N) is 1. The van der Waals surface area contributed by atoms with Crippen molar-refractivity contribution in [3.05, 3.63) is 41.7 Å². The minimum Gasteiger partial charge on any atom is -0.478 e. The first-order valence-electron chi connectivity index (χ1n) is 6.22. The van der Waals surface area contributed by atoms with Gasteiger partial charge in [-0.3, -0.25) is 4.98 Å². The van der Waals surface area contributed by atoms with Crippen LogP contribution in [-0.4, -0.2) is 22.3 Å². The van der Waals surface area contributed by atoms with Crippen molar-refractivity contribution in [2.24, 2.45) is 0 Å². The zero-order valence-electron chi connectivity index (χ0n) is 11.1. The van der Waals surface area contributed by atoms with Crippen LogP contribution in [-0.2, 0) is 0 Å². The van der Waals surface area contributed by atoms with Gasteiger partial charge in [0.05, 0.1) is 5.56 Å². The molecule has 1 aromatic carbocycles. The van der Waals surface area contributed by atoms with Crippen LogP contribution in [0.25, 0.3) is 11.1 Å². The summed E-state index contributed by atoms with van der Waals surface area (Å²) >= 11 is 0. The quantitative estimate of drug-likeness (QED) is 0.909. The second-order valence-corrected chi connectivity index (χ2v) is 4.60. The van der Waals surface area contributed by atoms with Crippen molar-refractivity contribution in [2.45, 2.75) is 20.1 Å². The number of rotatable bonds is 2. The van der Waals surface area contributed by atoms with Crippen molar-refractivity contribution in [1.82, 2.24) is 4.98 Å². The molecular formula is C15H13NO4. The SMILES string of the molecule is Cc1c2c(cc(-c3cccnc3)c1C(=O)O)OC(C)O2. The van der Waals surface area contributed by atoms with Crippen LogP contribution in [0, 0.1) is 6.92 Å². The van der Waals surface area contributed by atoms with Crippen LogP contribution in [0.2, 0.25) is 0 Å². The number of aromatic nitrogens is 1. The summed E-state index contributed by atoms with van der Waals surface area (Å²) in [6, 6.07) is 5.29. The van der Waals surface area contributed by atoms with Gasteiger partial charge >= 0.3 is 5.97 Å². The maximum atomic E-state index is 11.6. The molecule has 20 heavy (non-hydrogen) atoms. The molecule has 5 nitrogen and oxygen atoms in total. The third kappa shape index (κ3) is 1.87. The fraction of sp³-hybridized carbons (Fsp3) is 0.200. The van der Waals surface area contributed by atoms with Crippen LogP contribution < -0.4 is 9.47 Å². The second-order valence-electron chi connectivity index (χ2n) is 4.60. The molecule has 0 aliphatic carbocycles. The van der Waals surface area contributed by atoms with E-state index in [4.69, 9.17) is 9.47 Å². The predicted octanol–water partition coefficient (Wildman–Crippen LogP) is 2.87. The maximum absolute atomic E-state index is 11.6. The fourth-order valence-electron chi connectivity index (χ4n) is 2.40. The Morgan fingerprint density at radius 1 is 1.40 bits per heavy atom. The van der Waals surface area contributed by atoms with Gasteiger partial charge in [0.1, 0.15) is 0 Å². The minimum absolute atomic E-state index is 0.217. The normalized spacial score (nSPS) is 16.2. The molecule has 1 aliphatic rings. The summed E-state index contributed by atoms with van der Waals surface area (Å²) in [5.41, 5.74) is 2.10. The van der Waals surface area contributed by atoms with Gasteiger partial charge in [-0.1, -0.05) is 6.07 Å². The Bertz CT molecular complexity index is 682. The van der Waals surface area contributed by atoms with Crippen LogP contribution in [0.15, 0.2) is 30.6 Å². The zero-order chi connectivity index (χ0) is 14.3. The second kappa shape index (κ2) is 4.52. The lowest BCUT2D eigenvalue weighted by molar-refractivity contribution is 0.0662. The standard InChI is InChI=1S/C15H13NO4/c1-8-13(15(17)18)11(10-4-3-5-16-7-10)6-12-14(8)20-9(2)19-12/h3-7,9H,1-2H3,(H,17,18). The van der Waals surface area contributed by atoms with Gasteiger partial charge in [0.2, 0.25) is 6.29 Å². The van der Waals surface area contributed by atoms with Crippen molar-refractivity contribution < 1.29 is 19.4 Å². The Kier molecular flexibility index (Phi) is 2.82. The van der Waals surface area contributed by atoms with E-state index in [-0.39, 0.29) is 5.56 Å². The third-order valence-corrected chi connectivity index (χ3v) is 3.25. The third-order valence-electron chi connectivity index (χ3n) is 3.25. The lowest BCUT2D eigenvalue weighted by Crippen LogP contribution is -2.11. The molecule has 0 bridgehead atoms. The highest BCUT2D eigenvalue weighted by atomic mass is 16.7. The van der Waals surface area contributed by atoms with Crippen LogP contribution in [0.4, 0.5) is 0 Å². The number of carboxylic acids is 1. The summed E-state index contributed by atoms with van der Waals surface area (Å²) in [5, 5.41) is 9.49. The molecule has 1 atom stereocenters. The van der Waals surface area contributed by atoms with E-state index in [2.05, 4.69) is 4.98 Å². The van der Waals surface area contributed by atoms with Crippen molar-refractivity contribution >= 4 is 5.97 Å². The minimum atomic E-state index is -0.993. The average molecular weight is 271 g/mol. The van der Waals surface area contributed by atoms with Gasteiger partial charge in [0.15, 0.2) is 11.5 Å². The molecule has 1 N–H and O–H groups in total. The molecule has 2 heterocycles. The monoisotopic (exact) mass is 271 g/mol. The molecule has 0 fully saturated rings. The van der Waals surface area contributed by atoms with E-state index >= 15 is 0 Å². The first kappa shape index (κ1) is 12.5. The van der Waals surface area contributed by atoms with Gasteiger partial charge in [-0.15, -0.1) is 0 Å². The van der Waals surface area contributed by atoms with Crippen molar-refractivity contribution in [1.29, 1.82) is 0 Å². The van der Waals surface area contributed by atoms with Gasteiger partial charge < -0.3 is 14.6 Å². The van der Waals surface area contributed by atoms with Crippen LogP contribution in [0.5, 0.6) is 11.5 Å². The molecule has 1 aliphatic heterocycles. The lowest BCUT2D eigenvalue weighted by Gasteiger charge is -2.11. The topological polar surface area (TPSA) is 68.7 Å². The number of benzene rings is 1. The molecule has 5 heteroatoms. The van der Waals surface area contributed by atoms with E-state index in [1.54, 1.807) is 38.4 Å². The van der Waals surface area contributed by atoms with Gasteiger partial charge in [0, 0.05) is 36.0 Å². The number of ether oxygens (including phenoxy) is 2. The van der Waals surface area contributed by atoms with Crippen LogP contribution in [0.3, 0.4) is 0 Å². The van der Waals surface area contributed by atoms with E-state index in [1.807, 2.05) is 6.07 Å². The van der Waals surface area contributed by atoms with E-state index in [0.29, 0.717) is 22.6 Å². The Morgan fingerprint density at radius 3 is 2.85 bits per heavy atom. The average Bonchev–Trinajstić information content (AvgIpc) is 2.80. The van der Waals surface area contributed by atoms with Gasteiger partial charge in [-0.2, -0.15) is 0 Å². The largest absolute Gasteiger partial charge is 0.478 e. The van der Waals surface area contributed by atoms with Gasteiger partial charge in [0.25, 0.3) is 0 Å². The number of fused-ring (bicyclic) bond motifs is 1. The number of pyridine rings is 1. The Balaban J connectivity index is 2.27. The highest BCUT2D eigenvalue weighted by Crippen LogP contribution is 2.43. The molecule has 3 rings (SSSR count). The summed E-state index contributed by atoms with van der Waals surface area (Å²) in [7, 11) is 0. The molecule has 0 amide bonds. The Morgan fingerprint density at radius 2 is 2.20 bits per heavy atom. The van der Waals surface area contributed by atoms with E-state index < -0.39 is 12.3 Å². The lowest BCUT2D eigenvalue weighted by atomic mass is 9.95. The van der Waals surface area contributed by atoms with Gasteiger partial charge in [-0.05, 0) is 19.1 Å². The maximum Gasteiger partial charge on any atom is 0.336 e. The Labute approximate surface area is 115 Å². The highest BCUT2D eigenvalue weighted by molar-refractivity contribution is 5.99. The summed E-state index contributed by atoms with van der Waals surface area (Å²) in [4.78, 5) is 15.6. The number of carboxylic acid groups (broad SMARTS) is 1. The van der Waals surface area contributed by atoms with Crippen LogP contribution >= 0.6 is 0 Å². The molecule has 1 unspecified atom stereocenters. The summed E-state index contributed by atoms with van der Waals surface area (Å²) in [5.74, 6) is 0.0775. The molecule has 0 radical (unpaired) electrons. The fourth-order valence-corrected chi connectivity index (χ4v) is 2.40. The Hall–Kier alpha value is -2.56. The van der Waals surface area contributed by atoms with Crippen molar-refractivity contribution in [3.63, 3.8) is 0 Å². The van der Waals surface area contributed by atoms with E-state index in [0.717, 1.165) is 5.56 Å². The molecule has 0 saturated heterocycles. The molecule has 0 saturated carbocycles. The molecular weight excluding hydrogens is 258 g/mol. The summed E-state index contributed by atoms with van der Waals surface area (Å²) in [6.07, 6.45) is 2.87. The number of carbonyl (C=O) groups is 1. The first-order chi connectivity index (χ1) is 9.58. The highest BCUT2D eigenvalue weighted by Gasteiger charge is 2.28.